The predicted molar refractivity (Wildman–Crippen MR) is 38.3 cm³/mol. The molecule has 70 valence electrons. The smallest absolute Gasteiger partial charge is 0.422 e. The number of rotatable bonds is 2. The summed E-state index contributed by atoms with van der Waals surface area (Å²) in [5.41, 5.74) is -4.33. The van der Waals surface area contributed by atoms with E-state index in [2.05, 4.69) is 4.18 Å². The van der Waals surface area contributed by atoms with Crippen molar-refractivity contribution in [2.75, 3.05) is 13.2 Å². The molecule has 1 aliphatic rings. The highest BCUT2D eigenvalue weighted by atomic mass is 32.2. The van der Waals surface area contributed by atoms with Gasteiger partial charge in [0, 0.05) is 6.42 Å². The Bertz CT molecular complexity index is 178. The van der Waals surface area contributed by atoms with Crippen LogP contribution >= 0.6 is 12.0 Å². The highest BCUT2D eigenvalue weighted by molar-refractivity contribution is 7.95. The van der Waals surface area contributed by atoms with Crippen LogP contribution in [0.2, 0.25) is 0 Å². The first-order valence-corrected chi connectivity index (χ1v) is 4.01. The maximum Gasteiger partial charge on any atom is 0.479 e. The van der Waals surface area contributed by atoms with Gasteiger partial charge in [-0.15, -0.1) is 0 Å². The van der Waals surface area contributed by atoms with Gasteiger partial charge in [-0.05, 0) is 6.08 Å². The highest BCUT2D eigenvalue weighted by Gasteiger charge is 2.31. The Kier molecular flexibility index (Phi) is 3.28. The summed E-state index contributed by atoms with van der Waals surface area (Å²) < 4.78 is 44.1. The lowest BCUT2D eigenvalue weighted by molar-refractivity contribution is -0.0387. The van der Waals surface area contributed by atoms with Crippen LogP contribution in [0, 0.1) is 0 Å². The summed E-state index contributed by atoms with van der Waals surface area (Å²) in [4.78, 5) is 0. The molecule has 0 aromatic rings. The second-order valence-electron chi connectivity index (χ2n) is 2.11. The van der Waals surface area contributed by atoms with E-state index in [1.165, 1.54) is 6.08 Å². The van der Waals surface area contributed by atoms with Gasteiger partial charge >= 0.3 is 5.51 Å². The molecule has 1 aliphatic heterocycles. The fraction of sp³-hybridized carbons (Fsp3) is 0.667. The van der Waals surface area contributed by atoms with Crippen LogP contribution in [0.5, 0.6) is 0 Å². The molecule has 1 rings (SSSR count). The van der Waals surface area contributed by atoms with E-state index < -0.39 is 17.6 Å². The first kappa shape index (κ1) is 9.73. The monoisotopic (exact) mass is 200 g/mol. The molecule has 0 bridgehead atoms. The third-order valence-electron chi connectivity index (χ3n) is 1.16. The Morgan fingerprint density at radius 1 is 1.50 bits per heavy atom. The normalized spacial score (nSPS) is 18.8. The molecule has 0 aromatic carbocycles. The van der Waals surface area contributed by atoms with Crippen molar-refractivity contribution in [1.29, 1.82) is 0 Å². The maximum absolute atomic E-state index is 11.6. The number of halogens is 3. The van der Waals surface area contributed by atoms with E-state index in [9.17, 15) is 13.2 Å². The van der Waals surface area contributed by atoms with Crippen LogP contribution < -0.4 is 0 Å². The van der Waals surface area contributed by atoms with Crippen LogP contribution in [-0.4, -0.2) is 18.7 Å². The van der Waals surface area contributed by atoms with Gasteiger partial charge in [-0.2, -0.15) is 13.2 Å². The topological polar surface area (TPSA) is 18.5 Å². The van der Waals surface area contributed by atoms with Crippen molar-refractivity contribution in [3.8, 4) is 0 Å². The van der Waals surface area contributed by atoms with Gasteiger partial charge in [0.05, 0.1) is 13.2 Å². The first-order valence-electron chi connectivity index (χ1n) is 3.27. The summed E-state index contributed by atoms with van der Waals surface area (Å²) in [6.45, 7) is 0.748. The van der Waals surface area contributed by atoms with Gasteiger partial charge in [0.1, 0.15) is 5.76 Å². The Hall–Kier alpha value is -0.360. The standard InChI is InChI=1S/C6H7F3O2S/c7-6(8,9)12-11-5-1-3-10-4-2-5/h1H,2-4H2. The summed E-state index contributed by atoms with van der Waals surface area (Å²) in [7, 11) is 0. The zero-order chi connectivity index (χ0) is 9.03. The van der Waals surface area contributed by atoms with Gasteiger partial charge in [-0.25, -0.2) is 0 Å². The fourth-order valence-electron chi connectivity index (χ4n) is 0.686. The molecule has 0 saturated carbocycles. The highest BCUT2D eigenvalue weighted by Crippen LogP contribution is 2.33. The van der Waals surface area contributed by atoms with Crippen LogP contribution in [0.3, 0.4) is 0 Å². The molecule has 0 fully saturated rings. The van der Waals surface area contributed by atoms with Crippen molar-refractivity contribution >= 4 is 12.0 Å². The van der Waals surface area contributed by atoms with Crippen LogP contribution in [0.15, 0.2) is 11.8 Å². The second kappa shape index (κ2) is 4.04. The molecule has 0 N–H and O–H groups in total. The van der Waals surface area contributed by atoms with E-state index in [4.69, 9.17) is 4.74 Å². The lowest BCUT2D eigenvalue weighted by Gasteiger charge is -2.13. The van der Waals surface area contributed by atoms with Gasteiger partial charge in [-0.3, -0.25) is 0 Å². The zero-order valence-electron chi connectivity index (χ0n) is 6.06. The summed E-state index contributed by atoms with van der Waals surface area (Å²) in [6.07, 6.45) is 1.91. The van der Waals surface area contributed by atoms with Gasteiger partial charge < -0.3 is 8.92 Å². The summed E-state index contributed by atoms with van der Waals surface area (Å²) in [6, 6.07) is 0. The van der Waals surface area contributed by atoms with E-state index in [-0.39, 0.29) is 0 Å². The summed E-state index contributed by atoms with van der Waals surface area (Å²) >= 11 is -0.484. The molecule has 1 heterocycles. The quantitative estimate of drug-likeness (QED) is 0.638. The third-order valence-corrected chi connectivity index (χ3v) is 1.65. The summed E-state index contributed by atoms with van der Waals surface area (Å²) in [5, 5.41) is 0. The first-order chi connectivity index (χ1) is 5.58. The van der Waals surface area contributed by atoms with Crippen molar-refractivity contribution in [3.63, 3.8) is 0 Å². The average molecular weight is 200 g/mol. The van der Waals surface area contributed by atoms with Gasteiger partial charge in [0.25, 0.3) is 0 Å². The minimum absolute atomic E-state index is 0.327. The maximum atomic E-state index is 11.6. The van der Waals surface area contributed by atoms with Crippen molar-refractivity contribution < 1.29 is 22.1 Å². The SMILES string of the molecule is FC(F)(F)SOC1=CCOCC1. The van der Waals surface area contributed by atoms with Crippen LogP contribution in [0.4, 0.5) is 13.2 Å². The van der Waals surface area contributed by atoms with E-state index in [0.29, 0.717) is 25.4 Å². The number of ether oxygens (including phenoxy) is 1. The van der Waals surface area contributed by atoms with Crippen molar-refractivity contribution in [2.45, 2.75) is 11.9 Å². The number of hydrogen-bond donors (Lipinski definition) is 0. The van der Waals surface area contributed by atoms with Crippen LogP contribution in [0.1, 0.15) is 6.42 Å². The van der Waals surface area contributed by atoms with Crippen LogP contribution in [-0.2, 0) is 8.92 Å². The van der Waals surface area contributed by atoms with Gasteiger partial charge in [0.2, 0.25) is 0 Å². The van der Waals surface area contributed by atoms with Crippen LogP contribution in [0.25, 0.3) is 0 Å². The minimum Gasteiger partial charge on any atom is -0.422 e. The molecular formula is C6H7F3O2S. The molecule has 0 amide bonds. The Morgan fingerprint density at radius 3 is 2.75 bits per heavy atom. The summed E-state index contributed by atoms with van der Waals surface area (Å²) in [5.74, 6) is 0.337. The van der Waals surface area contributed by atoms with Gasteiger partial charge in [0.15, 0.2) is 12.0 Å². The average Bonchev–Trinajstić information content (AvgIpc) is 2.02. The molecule has 2 nitrogen and oxygen atoms in total. The molecular weight excluding hydrogens is 193 g/mol. The van der Waals surface area contributed by atoms with Crippen molar-refractivity contribution in [2.24, 2.45) is 0 Å². The van der Waals surface area contributed by atoms with E-state index >= 15 is 0 Å². The molecule has 0 radical (unpaired) electrons. The van der Waals surface area contributed by atoms with E-state index in [0.717, 1.165) is 0 Å². The molecule has 0 saturated heterocycles. The zero-order valence-corrected chi connectivity index (χ0v) is 6.87. The second-order valence-corrected chi connectivity index (χ2v) is 2.90. The lowest BCUT2D eigenvalue weighted by Crippen LogP contribution is -2.07. The van der Waals surface area contributed by atoms with E-state index in [1.807, 2.05) is 0 Å². The largest absolute Gasteiger partial charge is 0.479 e. The Balaban J connectivity index is 2.26. The molecule has 0 aromatic heterocycles. The van der Waals surface area contributed by atoms with E-state index in [1.54, 1.807) is 0 Å². The molecule has 0 atom stereocenters. The van der Waals surface area contributed by atoms with Crippen molar-refractivity contribution in [3.05, 3.63) is 11.8 Å². The molecule has 6 heteroatoms. The van der Waals surface area contributed by atoms with Crippen molar-refractivity contribution in [1.82, 2.24) is 0 Å². The minimum atomic E-state index is -4.33. The number of hydrogen-bond acceptors (Lipinski definition) is 3. The predicted octanol–water partition coefficient (Wildman–Crippen LogP) is 2.48. The molecule has 0 unspecified atom stereocenters. The molecule has 0 spiro atoms. The molecule has 12 heavy (non-hydrogen) atoms. The van der Waals surface area contributed by atoms with Gasteiger partial charge in [-0.1, -0.05) is 0 Å². The number of alkyl halides is 3. The third kappa shape index (κ3) is 3.87. The Morgan fingerprint density at radius 2 is 2.25 bits per heavy atom. The molecule has 0 aliphatic carbocycles. The Labute approximate surface area is 71.9 Å². The lowest BCUT2D eigenvalue weighted by atomic mass is 10.3. The fourth-order valence-corrected chi connectivity index (χ4v) is 1.04.